The van der Waals surface area contributed by atoms with Crippen molar-refractivity contribution in [3.05, 3.63) is 24.3 Å². The third kappa shape index (κ3) is 56.7. The molecule has 0 aromatic heterocycles. The van der Waals surface area contributed by atoms with Crippen molar-refractivity contribution in [2.24, 2.45) is 0 Å². The monoisotopic (exact) mass is 1040 g/mol. The van der Waals surface area contributed by atoms with Gasteiger partial charge in [0.1, 0.15) is 13.2 Å². The summed E-state index contributed by atoms with van der Waals surface area (Å²) in [5.41, 5.74) is 0. The number of rotatable bonds is 59. The average molecular weight is 1040 g/mol. The van der Waals surface area contributed by atoms with E-state index < -0.39 is 20.0 Å². The van der Waals surface area contributed by atoms with Crippen LogP contribution in [0.5, 0.6) is 0 Å². The van der Waals surface area contributed by atoms with E-state index in [1.54, 1.807) is 6.08 Å². The van der Waals surface area contributed by atoms with E-state index in [9.17, 15) is 19.4 Å². The summed E-state index contributed by atoms with van der Waals surface area (Å²) in [7, 11) is 1.26. The quantitative estimate of drug-likeness (QED) is 0.0272. The summed E-state index contributed by atoms with van der Waals surface area (Å²) in [5, 5.41) is 13.9. The second kappa shape index (κ2) is 54.8. The van der Waals surface area contributed by atoms with E-state index >= 15 is 0 Å². The zero-order chi connectivity index (χ0) is 52.7. The Kier molecular flexibility index (Phi) is 54.0. The van der Waals surface area contributed by atoms with Crippen molar-refractivity contribution in [2.45, 2.75) is 334 Å². The van der Waals surface area contributed by atoms with Gasteiger partial charge in [0.15, 0.2) is 0 Å². The number of carbonyl (C=O) groups excluding carboxylic acids is 1. The van der Waals surface area contributed by atoms with Crippen molar-refractivity contribution in [3.8, 4) is 0 Å². The van der Waals surface area contributed by atoms with Crippen LogP contribution in [0.25, 0.3) is 0 Å². The molecule has 0 spiro atoms. The van der Waals surface area contributed by atoms with Gasteiger partial charge in [-0.2, -0.15) is 0 Å². The second-order valence-electron chi connectivity index (χ2n) is 23.1. The molecule has 3 atom stereocenters. The van der Waals surface area contributed by atoms with Gasteiger partial charge in [0.05, 0.1) is 39.9 Å². The van der Waals surface area contributed by atoms with Gasteiger partial charge in [-0.3, -0.25) is 9.36 Å². The number of nitrogens with zero attached hydrogens (tertiary/aromatic N) is 1. The molecule has 0 aliphatic heterocycles. The molecular formula is C63H125N2O6P. The Bertz CT molecular complexity index is 1220. The zero-order valence-electron chi connectivity index (χ0n) is 48.9. The van der Waals surface area contributed by atoms with Crippen LogP contribution in [0, 0.1) is 0 Å². The number of aliphatic hydroxyl groups is 1. The Labute approximate surface area is 449 Å². The Balaban J connectivity index is 4.13. The summed E-state index contributed by atoms with van der Waals surface area (Å²) in [6.45, 7) is 4.68. The highest BCUT2D eigenvalue weighted by molar-refractivity contribution is 7.45. The molecule has 428 valence electrons. The smallest absolute Gasteiger partial charge is 0.268 e. The molecule has 0 heterocycles. The maximum atomic E-state index is 13.0. The van der Waals surface area contributed by atoms with Gasteiger partial charge in [-0.25, -0.2) is 0 Å². The number of likely N-dealkylation sites (N-methyl/N-ethyl adjacent to an activating group) is 1. The van der Waals surface area contributed by atoms with E-state index in [-0.39, 0.29) is 19.1 Å². The molecule has 72 heavy (non-hydrogen) atoms. The Hall–Kier alpha value is -1.02. The van der Waals surface area contributed by atoms with Gasteiger partial charge in [-0.15, -0.1) is 0 Å². The van der Waals surface area contributed by atoms with Crippen LogP contribution < -0.4 is 10.2 Å². The summed E-state index contributed by atoms with van der Waals surface area (Å²) in [6, 6.07) is -0.901. The number of unbranched alkanes of at least 4 members (excludes halogenated alkanes) is 44. The van der Waals surface area contributed by atoms with Gasteiger partial charge >= 0.3 is 0 Å². The van der Waals surface area contributed by atoms with Gasteiger partial charge in [-0.1, -0.05) is 308 Å². The number of carbonyl (C=O) groups is 1. The van der Waals surface area contributed by atoms with Crippen LogP contribution in [-0.4, -0.2) is 68.5 Å². The van der Waals surface area contributed by atoms with Gasteiger partial charge < -0.3 is 28.8 Å². The van der Waals surface area contributed by atoms with Crippen molar-refractivity contribution in [1.82, 2.24) is 5.32 Å². The number of hydrogen-bond donors (Lipinski definition) is 2. The first-order chi connectivity index (χ1) is 35.0. The number of quaternary nitrogens is 1. The molecule has 0 radical (unpaired) electrons. The molecule has 0 aliphatic rings. The van der Waals surface area contributed by atoms with Crippen molar-refractivity contribution in [2.75, 3.05) is 40.9 Å². The van der Waals surface area contributed by atoms with E-state index in [1.807, 2.05) is 27.2 Å². The van der Waals surface area contributed by atoms with Gasteiger partial charge in [0.2, 0.25) is 5.91 Å². The summed E-state index contributed by atoms with van der Waals surface area (Å²) in [6.07, 6.45) is 70.0. The van der Waals surface area contributed by atoms with E-state index in [2.05, 4.69) is 31.3 Å². The van der Waals surface area contributed by atoms with Gasteiger partial charge in [0.25, 0.3) is 7.82 Å². The van der Waals surface area contributed by atoms with Crippen molar-refractivity contribution < 1.29 is 32.9 Å². The Morgan fingerprint density at radius 1 is 0.472 bits per heavy atom. The molecule has 0 saturated carbocycles. The van der Waals surface area contributed by atoms with Crippen molar-refractivity contribution in [1.29, 1.82) is 0 Å². The second-order valence-corrected chi connectivity index (χ2v) is 24.5. The van der Waals surface area contributed by atoms with E-state index in [1.165, 1.54) is 263 Å². The van der Waals surface area contributed by atoms with Crippen molar-refractivity contribution >= 4 is 13.7 Å². The first kappa shape index (κ1) is 71.0. The average Bonchev–Trinajstić information content (AvgIpc) is 3.34. The Morgan fingerprint density at radius 3 is 1.12 bits per heavy atom. The summed E-state index contributed by atoms with van der Waals surface area (Å²) in [5.74, 6) is -0.199. The van der Waals surface area contributed by atoms with Crippen LogP contribution in [0.2, 0.25) is 0 Å². The molecule has 3 unspecified atom stereocenters. The largest absolute Gasteiger partial charge is 0.756 e. The van der Waals surface area contributed by atoms with Crippen LogP contribution in [0.15, 0.2) is 24.3 Å². The van der Waals surface area contributed by atoms with Gasteiger partial charge in [-0.05, 0) is 32.1 Å². The number of allylic oxidation sites excluding steroid dienone is 3. The lowest BCUT2D eigenvalue weighted by atomic mass is 10.0. The minimum atomic E-state index is -4.60. The molecule has 0 saturated heterocycles. The Morgan fingerprint density at radius 2 is 0.778 bits per heavy atom. The minimum absolute atomic E-state index is 0.00357. The first-order valence-corrected chi connectivity index (χ1v) is 33.2. The van der Waals surface area contributed by atoms with Crippen LogP contribution in [-0.2, 0) is 18.4 Å². The fourth-order valence-corrected chi connectivity index (χ4v) is 10.4. The SMILES string of the molecule is CCCCCCCCCCCCCCCCCC/C=C/CC/C=C/C(O)C(COP(=O)([O-])OCC[N+](C)(C)C)NC(=O)CCCCCCCCCCCCCCCCCCCCCCCCCCCCCC. The standard InChI is InChI=1S/C63H125N2O6P/c1-6-8-10-12-14-16-18-20-22-24-26-28-30-31-32-33-34-35-37-39-41-43-45-47-49-51-53-55-57-63(67)64-61(60-71-72(68,69)70-59-58-65(3,4)5)62(66)56-54-52-50-48-46-44-42-40-38-36-29-27-25-23-21-19-17-15-13-11-9-7-2/h46,48,54,56,61-62,66H,6-45,47,49-53,55,57-60H2,1-5H3,(H-,64,67,68,69)/b48-46+,56-54+. The van der Waals surface area contributed by atoms with E-state index in [4.69, 9.17) is 9.05 Å². The molecule has 8 nitrogen and oxygen atoms in total. The highest BCUT2D eigenvalue weighted by Crippen LogP contribution is 2.38. The molecule has 0 aliphatic carbocycles. The fourth-order valence-electron chi connectivity index (χ4n) is 9.70. The molecule has 1 amide bonds. The highest BCUT2D eigenvalue weighted by atomic mass is 31.2. The van der Waals surface area contributed by atoms with E-state index in [0.29, 0.717) is 17.4 Å². The van der Waals surface area contributed by atoms with Crippen molar-refractivity contribution in [3.63, 3.8) is 0 Å². The molecule has 2 N–H and O–H groups in total. The minimum Gasteiger partial charge on any atom is -0.756 e. The van der Waals surface area contributed by atoms with Crippen LogP contribution >= 0.6 is 7.82 Å². The molecule has 0 aromatic rings. The van der Waals surface area contributed by atoms with Crippen LogP contribution in [0.4, 0.5) is 0 Å². The van der Waals surface area contributed by atoms with Gasteiger partial charge in [0, 0.05) is 6.42 Å². The molecule has 0 fully saturated rings. The predicted octanol–water partition coefficient (Wildman–Crippen LogP) is 18.9. The lowest BCUT2D eigenvalue weighted by Crippen LogP contribution is -2.45. The third-order valence-electron chi connectivity index (χ3n) is 14.7. The predicted molar refractivity (Wildman–Crippen MR) is 312 cm³/mol. The van der Waals surface area contributed by atoms with Crippen LogP contribution in [0.1, 0.15) is 322 Å². The first-order valence-electron chi connectivity index (χ1n) is 31.7. The lowest BCUT2D eigenvalue weighted by Gasteiger charge is -2.29. The number of aliphatic hydroxyl groups excluding tert-OH is 1. The molecule has 0 rings (SSSR count). The molecule has 0 aromatic carbocycles. The lowest BCUT2D eigenvalue weighted by molar-refractivity contribution is -0.870. The summed E-state index contributed by atoms with van der Waals surface area (Å²) in [4.78, 5) is 25.5. The molecule has 9 heteroatoms. The fraction of sp³-hybridized carbons (Fsp3) is 0.921. The number of hydrogen-bond acceptors (Lipinski definition) is 6. The topological polar surface area (TPSA) is 108 Å². The maximum absolute atomic E-state index is 13.0. The van der Waals surface area contributed by atoms with Crippen LogP contribution in [0.3, 0.4) is 0 Å². The number of phosphoric ester groups is 1. The highest BCUT2D eigenvalue weighted by Gasteiger charge is 2.23. The maximum Gasteiger partial charge on any atom is 0.268 e. The van der Waals surface area contributed by atoms with E-state index in [0.717, 1.165) is 38.5 Å². The third-order valence-corrected chi connectivity index (χ3v) is 15.6. The summed E-state index contributed by atoms with van der Waals surface area (Å²) < 4.78 is 23.4. The molecule has 0 bridgehead atoms. The zero-order valence-corrected chi connectivity index (χ0v) is 49.8. The number of nitrogens with one attached hydrogen (secondary N) is 1. The summed E-state index contributed by atoms with van der Waals surface area (Å²) >= 11 is 0. The number of amides is 1. The molecular weight excluding hydrogens is 912 g/mol. The normalized spacial score (nSPS) is 13.9. The number of phosphoric acid groups is 1.